The second-order valence-corrected chi connectivity index (χ2v) is 7.43. The third kappa shape index (κ3) is 2.81. The lowest BCUT2D eigenvalue weighted by atomic mass is 9.84. The van der Waals surface area contributed by atoms with Crippen LogP contribution in [0.1, 0.15) is 19.3 Å². The molecule has 0 aromatic heterocycles. The molecule has 17 heavy (non-hydrogen) atoms. The molecule has 2 fully saturated rings. The van der Waals surface area contributed by atoms with Gasteiger partial charge in [-0.15, -0.1) is 0 Å². The largest absolute Gasteiger partial charge is 0.317 e. The third-order valence-corrected chi connectivity index (χ3v) is 5.93. The maximum Gasteiger partial charge on any atom is 0.281 e. The maximum atomic E-state index is 12.0. The molecule has 5 nitrogen and oxygen atoms in total. The van der Waals surface area contributed by atoms with Gasteiger partial charge in [-0.3, -0.25) is 0 Å². The minimum atomic E-state index is -3.20. The summed E-state index contributed by atoms with van der Waals surface area (Å²) in [4.78, 5) is 0. The first-order chi connectivity index (χ1) is 8.01. The molecule has 0 spiro atoms. The van der Waals surface area contributed by atoms with Gasteiger partial charge in [-0.05, 0) is 44.2 Å². The van der Waals surface area contributed by atoms with E-state index >= 15 is 0 Å². The summed E-state index contributed by atoms with van der Waals surface area (Å²) in [5.74, 6) is 1.27. The van der Waals surface area contributed by atoms with Crippen molar-refractivity contribution in [1.29, 1.82) is 0 Å². The fourth-order valence-electron chi connectivity index (χ4n) is 2.89. The van der Waals surface area contributed by atoms with Crippen molar-refractivity contribution in [3.05, 3.63) is 0 Å². The SMILES string of the molecule is CN(C)S(=O)(=O)N1CCC(C2CCNCC2)C1. The molecule has 100 valence electrons. The number of hydrogen-bond acceptors (Lipinski definition) is 3. The highest BCUT2D eigenvalue weighted by Crippen LogP contribution is 2.31. The Morgan fingerprint density at radius 1 is 1.12 bits per heavy atom. The fourth-order valence-corrected chi connectivity index (χ4v) is 4.07. The van der Waals surface area contributed by atoms with Gasteiger partial charge in [0.2, 0.25) is 0 Å². The Hall–Kier alpha value is -0.170. The summed E-state index contributed by atoms with van der Waals surface area (Å²) in [5.41, 5.74) is 0. The van der Waals surface area contributed by atoms with Crippen LogP contribution in [-0.4, -0.2) is 57.3 Å². The molecule has 2 saturated heterocycles. The summed E-state index contributed by atoms with van der Waals surface area (Å²) in [6, 6.07) is 0. The number of piperidine rings is 1. The average Bonchev–Trinajstić information content (AvgIpc) is 2.80. The first-order valence-electron chi connectivity index (χ1n) is 6.40. The van der Waals surface area contributed by atoms with Crippen LogP contribution >= 0.6 is 0 Å². The van der Waals surface area contributed by atoms with Crippen LogP contribution in [0.4, 0.5) is 0 Å². The molecule has 0 radical (unpaired) electrons. The number of nitrogens with zero attached hydrogens (tertiary/aromatic N) is 2. The molecule has 2 rings (SSSR count). The molecule has 1 atom stereocenters. The third-order valence-electron chi connectivity index (χ3n) is 4.03. The summed E-state index contributed by atoms with van der Waals surface area (Å²) >= 11 is 0. The average molecular weight is 261 g/mol. The molecule has 0 bridgehead atoms. The Balaban J connectivity index is 1.95. The second-order valence-electron chi connectivity index (χ2n) is 5.28. The number of rotatable bonds is 3. The fraction of sp³-hybridized carbons (Fsp3) is 1.00. The molecule has 1 unspecified atom stereocenters. The van der Waals surface area contributed by atoms with Gasteiger partial charge in [0.1, 0.15) is 0 Å². The van der Waals surface area contributed by atoms with Gasteiger partial charge < -0.3 is 5.32 Å². The van der Waals surface area contributed by atoms with E-state index in [-0.39, 0.29) is 0 Å². The van der Waals surface area contributed by atoms with Gasteiger partial charge in [-0.1, -0.05) is 0 Å². The molecule has 6 heteroatoms. The molecule has 1 N–H and O–H groups in total. The van der Waals surface area contributed by atoms with Crippen molar-refractivity contribution < 1.29 is 8.42 Å². The first-order valence-corrected chi connectivity index (χ1v) is 7.80. The van der Waals surface area contributed by atoms with Crippen LogP contribution in [0, 0.1) is 11.8 Å². The molecular formula is C11H23N3O2S. The lowest BCUT2D eigenvalue weighted by Crippen LogP contribution is -2.39. The molecular weight excluding hydrogens is 238 g/mol. The molecule has 2 aliphatic rings. The Morgan fingerprint density at radius 2 is 1.76 bits per heavy atom. The van der Waals surface area contributed by atoms with Gasteiger partial charge in [0, 0.05) is 27.2 Å². The van der Waals surface area contributed by atoms with Crippen molar-refractivity contribution in [3.8, 4) is 0 Å². The summed E-state index contributed by atoms with van der Waals surface area (Å²) in [5, 5.41) is 3.36. The summed E-state index contributed by atoms with van der Waals surface area (Å²) < 4.78 is 27.0. The Bertz CT molecular complexity index is 350. The summed E-state index contributed by atoms with van der Waals surface area (Å²) in [6.45, 7) is 3.57. The minimum Gasteiger partial charge on any atom is -0.317 e. The highest BCUT2D eigenvalue weighted by atomic mass is 32.2. The number of nitrogens with one attached hydrogen (secondary N) is 1. The van der Waals surface area contributed by atoms with E-state index in [0.717, 1.165) is 19.5 Å². The van der Waals surface area contributed by atoms with E-state index in [4.69, 9.17) is 0 Å². The predicted molar refractivity (Wildman–Crippen MR) is 67.9 cm³/mol. The summed E-state index contributed by atoms with van der Waals surface area (Å²) in [7, 11) is 0.0115. The van der Waals surface area contributed by atoms with Crippen LogP contribution in [0.15, 0.2) is 0 Å². The number of hydrogen-bond donors (Lipinski definition) is 1. The summed E-state index contributed by atoms with van der Waals surface area (Å²) in [6.07, 6.45) is 3.42. The topological polar surface area (TPSA) is 52.7 Å². The van der Waals surface area contributed by atoms with Gasteiger partial charge in [-0.2, -0.15) is 17.0 Å². The van der Waals surface area contributed by atoms with Crippen LogP contribution in [-0.2, 0) is 10.2 Å². The van der Waals surface area contributed by atoms with Crippen LogP contribution in [0.5, 0.6) is 0 Å². The molecule has 0 aromatic carbocycles. The van der Waals surface area contributed by atoms with E-state index in [9.17, 15) is 8.42 Å². The monoisotopic (exact) mass is 261 g/mol. The van der Waals surface area contributed by atoms with Gasteiger partial charge in [-0.25, -0.2) is 0 Å². The van der Waals surface area contributed by atoms with Crippen molar-refractivity contribution >= 4 is 10.2 Å². The van der Waals surface area contributed by atoms with Gasteiger partial charge in [0.25, 0.3) is 10.2 Å². The molecule has 2 heterocycles. The van der Waals surface area contributed by atoms with E-state index in [2.05, 4.69) is 5.32 Å². The van der Waals surface area contributed by atoms with Crippen LogP contribution < -0.4 is 5.32 Å². The Morgan fingerprint density at radius 3 is 2.35 bits per heavy atom. The zero-order valence-electron chi connectivity index (χ0n) is 10.7. The quantitative estimate of drug-likeness (QED) is 0.785. The molecule has 0 amide bonds. The van der Waals surface area contributed by atoms with Gasteiger partial charge >= 0.3 is 0 Å². The van der Waals surface area contributed by atoms with Crippen molar-refractivity contribution in [3.63, 3.8) is 0 Å². The van der Waals surface area contributed by atoms with Gasteiger partial charge in [0.05, 0.1) is 0 Å². The Labute approximate surface area is 104 Å². The Kier molecular flexibility index (Phi) is 4.07. The lowest BCUT2D eigenvalue weighted by molar-refractivity contribution is 0.265. The molecule has 0 aromatic rings. The van der Waals surface area contributed by atoms with E-state index in [0.29, 0.717) is 24.9 Å². The van der Waals surface area contributed by atoms with E-state index < -0.39 is 10.2 Å². The highest BCUT2D eigenvalue weighted by Gasteiger charge is 2.36. The maximum absolute atomic E-state index is 12.0. The van der Waals surface area contributed by atoms with Crippen molar-refractivity contribution in [2.75, 3.05) is 40.3 Å². The second kappa shape index (κ2) is 5.22. The van der Waals surface area contributed by atoms with Crippen molar-refractivity contribution in [2.45, 2.75) is 19.3 Å². The zero-order chi connectivity index (χ0) is 12.5. The lowest BCUT2D eigenvalue weighted by Gasteiger charge is -2.28. The van der Waals surface area contributed by atoms with Crippen LogP contribution in [0.25, 0.3) is 0 Å². The molecule has 0 saturated carbocycles. The molecule has 2 aliphatic heterocycles. The zero-order valence-corrected chi connectivity index (χ0v) is 11.5. The minimum absolute atomic E-state index is 0.562. The van der Waals surface area contributed by atoms with E-state index in [1.54, 1.807) is 18.4 Å². The smallest absolute Gasteiger partial charge is 0.281 e. The predicted octanol–water partition coefficient (Wildman–Crippen LogP) is 0.114. The first kappa shape index (κ1) is 13.3. The standard InChI is InChI=1S/C11H23N3O2S/c1-13(2)17(15,16)14-8-5-11(9-14)10-3-6-12-7-4-10/h10-12H,3-9H2,1-2H3. The van der Waals surface area contributed by atoms with E-state index in [1.807, 2.05) is 0 Å². The van der Waals surface area contributed by atoms with Crippen molar-refractivity contribution in [1.82, 2.24) is 13.9 Å². The van der Waals surface area contributed by atoms with Crippen LogP contribution in [0.3, 0.4) is 0 Å². The van der Waals surface area contributed by atoms with Gasteiger partial charge in [0.15, 0.2) is 0 Å². The normalized spacial score (nSPS) is 29.0. The van der Waals surface area contributed by atoms with Crippen LogP contribution in [0.2, 0.25) is 0 Å². The highest BCUT2D eigenvalue weighted by molar-refractivity contribution is 7.86. The van der Waals surface area contributed by atoms with E-state index in [1.165, 1.54) is 17.1 Å². The molecule has 0 aliphatic carbocycles. The van der Waals surface area contributed by atoms with Crippen molar-refractivity contribution in [2.24, 2.45) is 11.8 Å².